The van der Waals surface area contributed by atoms with E-state index in [1.807, 2.05) is 24.5 Å². The van der Waals surface area contributed by atoms with Crippen LogP contribution in [0.3, 0.4) is 0 Å². The summed E-state index contributed by atoms with van der Waals surface area (Å²) in [6.07, 6.45) is 0. The summed E-state index contributed by atoms with van der Waals surface area (Å²) in [6, 6.07) is 8.22. The van der Waals surface area contributed by atoms with Gasteiger partial charge in [0, 0.05) is 28.4 Å². The lowest BCUT2D eigenvalue weighted by Crippen LogP contribution is -2.06. The zero-order chi connectivity index (χ0) is 16.4. The highest BCUT2D eigenvalue weighted by atomic mass is 32.2. The Hall–Kier alpha value is -1.53. The highest BCUT2D eigenvalue weighted by Crippen LogP contribution is 2.25. The van der Waals surface area contributed by atoms with Gasteiger partial charge in [0.15, 0.2) is 5.78 Å². The molecule has 0 atom stereocenters. The quantitative estimate of drug-likeness (QED) is 0.775. The maximum atomic E-state index is 13.1. The average Bonchev–Trinajstić information content (AvgIpc) is 3.14. The Labute approximate surface area is 143 Å². The molecule has 3 nitrogen and oxygen atoms in total. The van der Waals surface area contributed by atoms with E-state index in [1.165, 1.54) is 23.9 Å². The molecular weight excluding hydrogens is 331 g/mol. The topological polar surface area (TPSA) is 34.4 Å². The SMILES string of the molecule is Cc1cc(C(=O)CSC2=NCCS2)c(C)n1-c1ccc(F)cc1. The van der Waals surface area contributed by atoms with Gasteiger partial charge >= 0.3 is 0 Å². The number of aromatic nitrogens is 1. The Morgan fingerprint density at radius 1 is 1.35 bits per heavy atom. The summed E-state index contributed by atoms with van der Waals surface area (Å²) >= 11 is 3.22. The van der Waals surface area contributed by atoms with Crippen LogP contribution in [0.5, 0.6) is 0 Å². The molecule has 1 aromatic heterocycles. The van der Waals surface area contributed by atoms with Crippen LogP contribution >= 0.6 is 23.5 Å². The number of nitrogens with zero attached hydrogens (tertiary/aromatic N) is 2. The van der Waals surface area contributed by atoms with Crippen LogP contribution in [0.2, 0.25) is 0 Å². The second kappa shape index (κ2) is 6.93. The highest BCUT2D eigenvalue weighted by molar-refractivity contribution is 8.39. The van der Waals surface area contributed by atoms with E-state index in [1.54, 1.807) is 23.9 Å². The van der Waals surface area contributed by atoms with Crippen molar-refractivity contribution in [1.82, 2.24) is 4.57 Å². The van der Waals surface area contributed by atoms with Gasteiger partial charge in [0.1, 0.15) is 10.2 Å². The van der Waals surface area contributed by atoms with Crippen molar-refractivity contribution >= 4 is 33.7 Å². The van der Waals surface area contributed by atoms with Gasteiger partial charge in [0.2, 0.25) is 0 Å². The summed E-state index contributed by atoms with van der Waals surface area (Å²) < 4.78 is 16.1. The zero-order valence-electron chi connectivity index (χ0n) is 13.0. The van der Waals surface area contributed by atoms with E-state index in [0.29, 0.717) is 5.75 Å². The van der Waals surface area contributed by atoms with Gasteiger partial charge in [0.05, 0.1) is 12.3 Å². The van der Waals surface area contributed by atoms with E-state index in [9.17, 15) is 9.18 Å². The van der Waals surface area contributed by atoms with Crippen LogP contribution in [0.1, 0.15) is 21.7 Å². The lowest BCUT2D eigenvalue weighted by molar-refractivity contribution is 0.102. The van der Waals surface area contributed by atoms with Crippen molar-refractivity contribution in [1.29, 1.82) is 0 Å². The molecule has 2 aromatic rings. The van der Waals surface area contributed by atoms with E-state index in [4.69, 9.17) is 0 Å². The molecule has 120 valence electrons. The minimum Gasteiger partial charge on any atom is -0.318 e. The van der Waals surface area contributed by atoms with Gasteiger partial charge in [-0.2, -0.15) is 0 Å². The molecule has 0 spiro atoms. The fourth-order valence-electron chi connectivity index (χ4n) is 2.64. The molecule has 3 rings (SSSR count). The molecule has 23 heavy (non-hydrogen) atoms. The molecule has 1 aliphatic heterocycles. The second-order valence-corrected chi connectivity index (χ2v) is 7.61. The van der Waals surface area contributed by atoms with E-state index in [0.717, 1.165) is 39.3 Å². The third-order valence-corrected chi connectivity index (χ3v) is 5.95. The van der Waals surface area contributed by atoms with Crippen LogP contribution in [-0.2, 0) is 0 Å². The first kappa shape index (κ1) is 16.3. The third-order valence-electron chi connectivity index (χ3n) is 3.70. The Morgan fingerprint density at radius 2 is 2.09 bits per heavy atom. The summed E-state index contributed by atoms with van der Waals surface area (Å²) in [6.45, 7) is 4.73. The summed E-state index contributed by atoms with van der Waals surface area (Å²) in [5, 5.41) is 0. The number of hydrogen-bond acceptors (Lipinski definition) is 4. The third kappa shape index (κ3) is 3.53. The molecule has 0 saturated carbocycles. The Morgan fingerprint density at radius 3 is 2.74 bits per heavy atom. The van der Waals surface area contributed by atoms with Crippen molar-refractivity contribution in [3.63, 3.8) is 0 Å². The van der Waals surface area contributed by atoms with Gasteiger partial charge < -0.3 is 4.57 Å². The van der Waals surface area contributed by atoms with Crippen LogP contribution < -0.4 is 0 Å². The molecule has 1 aliphatic rings. The summed E-state index contributed by atoms with van der Waals surface area (Å²) in [4.78, 5) is 16.9. The summed E-state index contributed by atoms with van der Waals surface area (Å²) in [7, 11) is 0. The average molecular weight is 348 g/mol. The molecule has 0 saturated heterocycles. The van der Waals surface area contributed by atoms with Gasteiger partial charge in [-0.3, -0.25) is 9.79 Å². The normalized spacial score (nSPS) is 14.1. The van der Waals surface area contributed by atoms with Gasteiger partial charge in [-0.1, -0.05) is 23.5 Å². The van der Waals surface area contributed by atoms with Gasteiger partial charge in [0.25, 0.3) is 0 Å². The fraction of sp³-hybridized carbons (Fsp3) is 0.294. The van der Waals surface area contributed by atoms with E-state index >= 15 is 0 Å². The number of thioether (sulfide) groups is 2. The van der Waals surface area contributed by atoms with Crippen molar-refractivity contribution in [2.75, 3.05) is 18.1 Å². The lowest BCUT2D eigenvalue weighted by atomic mass is 10.2. The Bertz CT molecular complexity index is 766. The molecule has 0 amide bonds. The maximum Gasteiger partial charge on any atom is 0.174 e. The first-order valence-electron chi connectivity index (χ1n) is 7.34. The van der Waals surface area contributed by atoms with Crippen molar-refractivity contribution in [3.8, 4) is 5.69 Å². The van der Waals surface area contributed by atoms with Gasteiger partial charge in [-0.25, -0.2) is 4.39 Å². The van der Waals surface area contributed by atoms with Crippen molar-refractivity contribution in [2.45, 2.75) is 13.8 Å². The van der Waals surface area contributed by atoms with E-state index in [2.05, 4.69) is 4.99 Å². The molecule has 0 unspecified atom stereocenters. The van der Waals surface area contributed by atoms with E-state index < -0.39 is 0 Å². The van der Waals surface area contributed by atoms with Crippen LogP contribution in [-0.4, -0.2) is 32.8 Å². The number of hydrogen-bond donors (Lipinski definition) is 0. The number of rotatable bonds is 4. The van der Waals surface area contributed by atoms with Crippen molar-refractivity contribution in [2.24, 2.45) is 4.99 Å². The van der Waals surface area contributed by atoms with E-state index in [-0.39, 0.29) is 11.6 Å². The number of benzene rings is 1. The Balaban J connectivity index is 1.82. The molecule has 0 N–H and O–H groups in total. The minimum absolute atomic E-state index is 0.103. The Kier molecular flexibility index (Phi) is 4.92. The first-order chi connectivity index (χ1) is 11.1. The van der Waals surface area contributed by atoms with Gasteiger partial charge in [-0.05, 0) is 44.2 Å². The number of carbonyl (C=O) groups excluding carboxylic acids is 1. The number of aryl methyl sites for hydroxylation is 1. The monoisotopic (exact) mass is 348 g/mol. The minimum atomic E-state index is -0.265. The summed E-state index contributed by atoms with van der Waals surface area (Å²) in [5.41, 5.74) is 3.45. The van der Waals surface area contributed by atoms with Crippen LogP contribution in [0.15, 0.2) is 35.3 Å². The number of halogens is 1. The molecule has 0 bridgehead atoms. The van der Waals surface area contributed by atoms with Crippen molar-refractivity contribution in [3.05, 3.63) is 53.1 Å². The largest absolute Gasteiger partial charge is 0.318 e. The molecule has 0 radical (unpaired) electrons. The van der Waals surface area contributed by atoms with Crippen LogP contribution in [0, 0.1) is 19.7 Å². The van der Waals surface area contributed by atoms with Crippen LogP contribution in [0.4, 0.5) is 4.39 Å². The highest BCUT2D eigenvalue weighted by Gasteiger charge is 2.18. The number of carbonyl (C=O) groups is 1. The second-order valence-electron chi connectivity index (χ2n) is 5.30. The molecule has 2 heterocycles. The smallest absolute Gasteiger partial charge is 0.174 e. The molecular formula is C17H17FN2OS2. The van der Waals surface area contributed by atoms with Gasteiger partial charge in [-0.15, -0.1) is 0 Å². The predicted molar refractivity (Wildman–Crippen MR) is 96.7 cm³/mol. The summed E-state index contributed by atoms with van der Waals surface area (Å²) in [5.74, 6) is 1.25. The van der Waals surface area contributed by atoms with Crippen molar-refractivity contribution < 1.29 is 9.18 Å². The predicted octanol–water partition coefficient (Wildman–Crippen LogP) is 4.25. The first-order valence-corrected chi connectivity index (χ1v) is 9.31. The zero-order valence-corrected chi connectivity index (χ0v) is 14.6. The maximum absolute atomic E-state index is 13.1. The standard InChI is InChI=1S/C17H17FN2OS2/c1-11-9-15(16(21)10-23-17-19-7-8-22-17)12(2)20(11)14-5-3-13(18)4-6-14/h3-6,9H,7-8,10H2,1-2H3. The number of ketones is 1. The fourth-order valence-corrected chi connectivity index (χ4v) is 4.53. The molecule has 1 aromatic carbocycles. The molecule has 6 heteroatoms. The lowest BCUT2D eigenvalue weighted by Gasteiger charge is -2.09. The number of aliphatic imine (C=N–C) groups is 1. The number of Topliss-reactive ketones (excluding diaryl/α,β-unsaturated/α-hetero) is 1. The molecule has 0 fully saturated rings. The van der Waals surface area contributed by atoms with Crippen LogP contribution in [0.25, 0.3) is 5.69 Å². The molecule has 0 aliphatic carbocycles.